The van der Waals surface area contributed by atoms with E-state index in [1.54, 1.807) is 6.20 Å². The summed E-state index contributed by atoms with van der Waals surface area (Å²) >= 11 is 0. The van der Waals surface area contributed by atoms with Crippen LogP contribution in [0.5, 0.6) is 0 Å². The Kier molecular flexibility index (Phi) is 4.47. The van der Waals surface area contributed by atoms with Gasteiger partial charge in [0.05, 0.1) is 11.2 Å². The highest BCUT2D eigenvalue weighted by molar-refractivity contribution is 5.77. The van der Waals surface area contributed by atoms with Crippen LogP contribution in [0.4, 0.5) is 0 Å². The van der Waals surface area contributed by atoms with E-state index in [0.717, 1.165) is 25.0 Å². The zero-order valence-electron chi connectivity index (χ0n) is 9.90. The molecular weight excluding hydrogens is 184 g/mol. The monoisotopic (exact) mass is 204 g/mol. The maximum atomic E-state index is 4.69. The predicted octanol–water partition coefficient (Wildman–Crippen LogP) is 3.47. The minimum absolute atomic E-state index is 0.109. The Morgan fingerprint density at radius 3 is 2.33 bits per heavy atom. The van der Waals surface area contributed by atoms with Gasteiger partial charge in [-0.3, -0.25) is 9.98 Å². The minimum atomic E-state index is 0.109. The molecule has 0 fully saturated rings. The molecule has 0 aliphatic rings. The van der Waals surface area contributed by atoms with Gasteiger partial charge in [0.1, 0.15) is 0 Å². The first-order valence-electron chi connectivity index (χ1n) is 5.72. The van der Waals surface area contributed by atoms with E-state index in [2.05, 4.69) is 25.8 Å². The molecule has 0 amide bonds. The van der Waals surface area contributed by atoms with Gasteiger partial charge in [0.25, 0.3) is 0 Å². The van der Waals surface area contributed by atoms with Gasteiger partial charge in [-0.25, -0.2) is 0 Å². The van der Waals surface area contributed by atoms with Crippen molar-refractivity contribution in [1.82, 2.24) is 4.98 Å². The van der Waals surface area contributed by atoms with Crippen LogP contribution in [0.15, 0.2) is 29.4 Å². The maximum absolute atomic E-state index is 4.69. The highest BCUT2D eigenvalue weighted by atomic mass is 14.9. The standard InChI is InChI=1S/C13H20N2/c1-4-13(5-2,6-3)15-11-12-9-7-8-10-14-12/h7-11H,4-6H2,1-3H3/b15-11+. The minimum Gasteiger partial charge on any atom is -0.284 e. The van der Waals surface area contributed by atoms with Crippen LogP contribution in [-0.4, -0.2) is 16.7 Å². The number of pyridine rings is 1. The molecule has 2 nitrogen and oxygen atoms in total. The van der Waals surface area contributed by atoms with Crippen molar-refractivity contribution in [2.24, 2.45) is 4.99 Å². The molecule has 1 aromatic rings. The van der Waals surface area contributed by atoms with E-state index in [0.29, 0.717) is 0 Å². The lowest BCUT2D eigenvalue weighted by Crippen LogP contribution is -2.23. The third-order valence-corrected chi connectivity index (χ3v) is 3.13. The van der Waals surface area contributed by atoms with Crippen LogP contribution in [0.25, 0.3) is 0 Å². The van der Waals surface area contributed by atoms with E-state index < -0.39 is 0 Å². The summed E-state index contributed by atoms with van der Waals surface area (Å²) in [6.45, 7) is 6.59. The molecule has 0 bridgehead atoms. The van der Waals surface area contributed by atoms with Crippen molar-refractivity contribution < 1.29 is 0 Å². The molecule has 1 aromatic heterocycles. The highest BCUT2D eigenvalue weighted by Crippen LogP contribution is 2.24. The zero-order chi connectivity index (χ0) is 11.1. The largest absolute Gasteiger partial charge is 0.284 e. The fourth-order valence-corrected chi connectivity index (χ4v) is 1.68. The summed E-state index contributed by atoms with van der Waals surface area (Å²) in [5.41, 5.74) is 1.05. The van der Waals surface area contributed by atoms with Crippen molar-refractivity contribution in [2.75, 3.05) is 0 Å². The molecule has 0 aliphatic heterocycles. The average molecular weight is 204 g/mol. The second-order valence-corrected chi connectivity index (χ2v) is 3.80. The van der Waals surface area contributed by atoms with Crippen LogP contribution < -0.4 is 0 Å². The Morgan fingerprint density at radius 1 is 1.20 bits per heavy atom. The normalized spacial score (nSPS) is 12.2. The summed E-state index contributed by atoms with van der Waals surface area (Å²) in [4.78, 5) is 8.93. The van der Waals surface area contributed by atoms with E-state index in [1.807, 2.05) is 24.4 Å². The third-order valence-electron chi connectivity index (χ3n) is 3.13. The van der Waals surface area contributed by atoms with Crippen LogP contribution in [-0.2, 0) is 0 Å². The topological polar surface area (TPSA) is 25.2 Å². The summed E-state index contributed by atoms with van der Waals surface area (Å²) in [6.07, 6.45) is 6.96. The molecule has 0 unspecified atom stereocenters. The van der Waals surface area contributed by atoms with Gasteiger partial charge in [-0.15, -0.1) is 0 Å². The number of nitrogens with zero attached hydrogens (tertiary/aromatic N) is 2. The number of hydrogen-bond acceptors (Lipinski definition) is 2. The first kappa shape index (κ1) is 11.9. The Morgan fingerprint density at radius 2 is 1.87 bits per heavy atom. The van der Waals surface area contributed by atoms with Gasteiger partial charge in [-0.1, -0.05) is 26.8 Å². The Bertz CT molecular complexity index is 291. The van der Waals surface area contributed by atoms with Crippen LogP contribution in [0.3, 0.4) is 0 Å². The van der Waals surface area contributed by atoms with Gasteiger partial charge >= 0.3 is 0 Å². The van der Waals surface area contributed by atoms with Crippen molar-refractivity contribution in [1.29, 1.82) is 0 Å². The van der Waals surface area contributed by atoms with Crippen LogP contribution >= 0.6 is 0 Å². The molecule has 1 heterocycles. The molecule has 0 aromatic carbocycles. The van der Waals surface area contributed by atoms with Crippen LogP contribution in [0, 0.1) is 0 Å². The lowest BCUT2D eigenvalue weighted by molar-refractivity contribution is 0.388. The third kappa shape index (κ3) is 3.15. The van der Waals surface area contributed by atoms with Crippen LogP contribution in [0.1, 0.15) is 45.7 Å². The van der Waals surface area contributed by atoms with Crippen molar-refractivity contribution in [2.45, 2.75) is 45.6 Å². The summed E-state index contributed by atoms with van der Waals surface area (Å²) in [5.74, 6) is 0. The summed E-state index contributed by atoms with van der Waals surface area (Å²) < 4.78 is 0. The molecular formula is C13H20N2. The van der Waals surface area contributed by atoms with E-state index in [-0.39, 0.29) is 5.54 Å². The second kappa shape index (κ2) is 5.64. The Balaban J connectivity index is 2.79. The fraction of sp³-hybridized carbons (Fsp3) is 0.538. The molecule has 1 rings (SSSR count). The van der Waals surface area contributed by atoms with Crippen molar-refractivity contribution >= 4 is 6.21 Å². The smallest absolute Gasteiger partial charge is 0.0808 e. The lowest BCUT2D eigenvalue weighted by Gasteiger charge is -2.25. The average Bonchev–Trinajstić information content (AvgIpc) is 2.33. The highest BCUT2D eigenvalue weighted by Gasteiger charge is 2.21. The molecule has 0 spiro atoms. The Labute approximate surface area is 92.5 Å². The SMILES string of the molecule is CCC(CC)(CC)/N=C/c1ccccn1. The second-order valence-electron chi connectivity index (χ2n) is 3.80. The number of aliphatic imine (C=N–C) groups is 1. The van der Waals surface area contributed by atoms with Crippen molar-refractivity contribution in [3.8, 4) is 0 Å². The van der Waals surface area contributed by atoms with Crippen molar-refractivity contribution in [3.63, 3.8) is 0 Å². The molecule has 15 heavy (non-hydrogen) atoms. The molecule has 0 aliphatic carbocycles. The molecule has 2 heteroatoms. The van der Waals surface area contributed by atoms with Crippen LogP contribution in [0.2, 0.25) is 0 Å². The molecule has 0 radical (unpaired) electrons. The van der Waals surface area contributed by atoms with Gasteiger partial charge in [0.15, 0.2) is 0 Å². The first-order valence-corrected chi connectivity index (χ1v) is 5.72. The number of hydrogen-bond donors (Lipinski definition) is 0. The molecule has 0 saturated heterocycles. The fourth-order valence-electron chi connectivity index (χ4n) is 1.68. The molecule has 0 N–H and O–H groups in total. The van der Waals surface area contributed by atoms with Gasteiger partial charge in [-0.05, 0) is 31.4 Å². The molecule has 82 valence electrons. The number of rotatable bonds is 5. The zero-order valence-corrected chi connectivity index (χ0v) is 9.90. The van der Waals surface area contributed by atoms with E-state index in [4.69, 9.17) is 4.99 Å². The number of aromatic nitrogens is 1. The van der Waals surface area contributed by atoms with Gasteiger partial charge in [0, 0.05) is 12.4 Å². The summed E-state index contributed by atoms with van der Waals surface area (Å²) in [5, 5.41) is 0. The van der Waals surface area contributed by atoms with Gasteiger partial charge in [-0.2, -0.15) is 0 Å². The van der Waals surface area contributed by atoms with Crippen molar-refractivity contribution in [3.05, 3.63) is 30.1 Å². The maximum Gasteiger partial charge on any atom is 0.0808 e. The van der Waals surface area contributed by atoms with Gasteiger partial charge < -0.3 is 0 Å². The summed E-state index contributed by atoms with van der Waals surface area (Å²) in [7, 11) is 0. The quantitative estimate of drug-likeness (QED) is 0.674. The van der Waals surface area contributed by atoms with Gasteiger partial charge in [0.2, 0.25) is 0 Å². The lowest BCUT2D eigenvalue weighted by atomic mass is 9.91. The predicted molar refractivity (Wildman–Crippen MR) is 65.4 cm³/mol. The Hall–Kier alpha value is -1.18. The molecule has 0 atom stereocenters. The van der Waals surface area contributed by atoms with E-state index in [1.165, 1.54) is 0 Å². The van der Waals surface area contributed by atoms with E-state index in [9.17, 15) is 0 Å². The first-order chi connectivity index (χ1) is 7.26. The molecule has 0 saturated carbocycles. The summed E-state index contributed by atoms with van der Waals surface area (Å²) in [6, 6.07) is 5.89. The van der Waals surface area contributed by atoms with E-state index >= 15 is 0 Å².